The molecule has 2 N–H and O–H groups in total. The quantitative estimate of drug-likeness (QED) is 0.113. The monoisotopic (exact) mass is 796 g/mol. The summed E-state index contributed by atoms with van der Waals surface area (Å²) in [6.07, 6.45) is 5.01. The molecular weight excluding hydrogens is 768 g/mol. The van der Waals surface area contributed by atoms with E-state index in [9.17, 15) is 19.2 Å². The number of benzene rings is 2. The molecule has 2 fully saturated rings. The van der Waals surface area contributed by atoms with Crippen molar-refractivity contribution in [3.63, 3.8) is 0 Å². The number of thioether (sulfide) groups is 2. The van der Waals surface area contributed by atoms with Crippen molar-refractivity contribution in [2.24, 2.45) is 0 Å². The highest BCUT2D eigenvalue weighted by Crippen LogP contribution is 2.42. The average Bonchev–Trinajstić information content (AvgIpc) is 3.41. The molecule has 44 heavy (non-hydrogen) atoms. The van der Waals surface area contributed by atoms with Gasteiger partial charge < -0.3 is 10.6 Å². The van der Waals surface area contributed by atoms with E-state index in [0.717, 1.165) is 56.7 Å². The lowest BCUT2D eigenvalue weighted by atomic mass is 10.1. The van der Waals surface area contributed by atoms with Crippen LogP contribution in [0.25, 0.3) is 0 Å². The van der Waals surface area contributed by atoms with E-state index in [1.165, 1.54) is 9.80 Å². The minimum Gasteiger partial charge on any atom is -0.326 e. The van der Waals surface area contributed by atoms with E-state index in [-0.39, 0.29) is 23.6 Å². The van der Waals surface area contributed by atoms with Crippen LogP contribution in [0.15, 0.2) is 67.3 Å². The van der Waals surface area contributed by atoms with Crippen LogP contribution < -0.4 is 10.6 Å². The van der Waals surface area contributed by atoms with Gasteiger partial charge in [-0.05, 0) is 62.1 Å². The van der Waals surface area contributed by atoms with Crippen molar-refractivity contribution < 1.29 is 19.2 Å². The number of rotatable bonds is 14. The molecule has 0 radical (unpaired) electrons. The largest absolute Gasteiger partial charge is 0.326 e. The third-order valence-electron chi connectivity index (χ3n) is 6.69. The summed E-state index contributed by atoms with van der Waals surface area (Å²) in [6.45, 7) is 0.855. The van der Waals surface area contributed by atoms with Gasteiger partial charge in [0.05, 0.1) is 9.81 Å². The smallest absolute Gasteiger partial charge is 0.267 e. The van der Waals surface area contributed by atoms with Crippen molar-refractivity contribution in [2.75, 3.05) is 23.7 Å². The van der Waals surface area contributed by atoms with Crippen molar-refractivity contribution in [2.45, 2.75) is 51.4 Å². The van der Waals surface area contributed by atoms with Crippen LogP contribution in [0, 0.1) is 0 Å². The third kappa shape index (κ3) is 9.95. The number of carbonyl (C=O) groups is 4. The van der Waals surface area contributed by atoms with Gasteiger partial charge in [0, 0.05) is 46.3 Å². The number of thiocarbonyl (C=S) groups is 2. The Hall–Kier alpha value is -2.10. The van der Waals surface area contributed by atoms with Crippen LogP contribution in [-0.2, 0) is 19.2 Å². The standard InChI is InChI=1S/C30H30Br2N4O4S4/c31-19-9-7-11-21(17-19)33-23(37)13-3-1-5-15-35-27(39)25(43-29(35)41)26-28(40)36(30(42)44-26)16-6-2-4-14-24(38)34-22-12-8-10-20(32)18-22/h7-12,17-18H,1-6,13-16H2,(H,33,37)(H,34,38). The Kier molecular flexibility index (Phi) is 13.4. The summed E-state index contributed by atoms with van der Waals surface area (Å²) < 4.78 is 2.63. The molecule has 0 aliphatic carbocycles. The Bertz CT molecular complexity index is 1390. The van der Waals surface area contributed by atoms with E-state index < -0.39 is 0 Å². The minimum atomic E-state index is -0.274. The van der Waals surface area contributed by atoms with E-state index in [2.05, 4.69) is 42.5 Å². The van der Waals surface area contributed by atoms with Crippen LogP contribution in [-0.4, -0.2) is 55.2 Å². The molecular formula is C30H30Br2N4O4S4. The number of anilines is 2. The third-order valence-corrected chi connectivity index (χ3v) is 10.7. The van der Waals surface area contributed by atoms with Crippen LogP contribution in [0.5, 0.6) is 0 Å². The van der Waals surface area contributed by atoms with Crippen LogP contribution in [0.1, 0.15) is 51.4 Å². The van der Waals surface area contributed by atoms with Gasteiger partial charge in [-0.25, -0.2) is 0 Å². The molecule has 0 aromatic heterocycles. The molecule has 2 aromatic rings. The van der Waals surface area contributed by atoms with E-state index >= 15 is 0 Å². The topological polar surface area (TPSA) is 98.8 Å². The maximum absolute atomic E-state index is 13.2. The van der Waals surface area contributed by atoms with Crippen LogP contribution >= 0.6 is 79.8 Å². The zero-order valence-corrected chi connectivity index (χ0v) is 30.0. The molecule has 0 unspecified atom stereocenters. The highest BCUT2D eigenvalue weighted by atomic mass is 79.9. The molecule has 0 spiro atoms. The maximum Gasteiger partial charge on any atom is 0.267 e. The summed E-state index contributed by atoms with van der Waals surface area (Å²) in [4.78, 5) is 54.6. The number of hydrogen-bond acceptors (Lipinski definition) is 8. The highest BCUT2D eigenvalue weighted by Gasteiger charge is 2.41. The number of nitrogens with one attached hydrogen (secondary N) is 2. The number of nitrogens with zero attached hydrogens (tertiary/aromatic N) is 2. The predicted octanol–water partition coefficient (Wildman–Crippen LogP) is 7.84. The first kappa shape index (κ1) is 34.8. The summed E-state index contributed by atoms with van der Waals surface area (Å²) in [5.74, 6) is -0.663. The summed E-state index contributed by atoms with van der Waals surface area (Å²) in [6, 6.07) is 14.9. The van der Waals surface area contributed by atoms with Gasteiger partial charge in [-0.2, -0.15) is 0 Å². The number of amides is 4. The van der Waals surface area contributed by atoms with Crippen molar-refractivity contribution >= 4 is 123 Å². The van der Waals surface area contributed by atoms with E-state index in [1.807, 2.05) is 48.5 Å². The van der Waals surface area contributed by atoms with Crippen molar-refractivity contribution in [1.29, 1.82) is 0 Å². The van der Waals surface area contributed by atoms with Crippen LogP contribution in [0.4, 0.5) is 11.4 Å². The second-order valence-electron chi connectivity index (χ2n) is 10.0. The molecule has 232 valence electrons. The van der Waals surface area contributed by atoms with E-state index in [1.54, 1.807) is 0 Å². The molecule has 2 saturated heterocycles. The Morgan fingerprint density at radius 3 is 1.45 bits per heavy atom. The molecule has 0 atom stereocenters. The lowest BCUT2D eigenvalue weighted by molar-refractivity contribution is -0.124. The zero-order valence-electron chi connectivity index (χ0n) is 23.6. The first-order valence-electron chi connectivity index (χ1n) is 14.0. The Labute approximate surface area is 292 Å². The van der Waals surface area contributed by atoms with Crippen LogP contribution in [0.3, 0.4) is 0 Å². The molecule has 8 nitrogen and oxygen atoms in total. The van der Waals surface area contributed by atoms with Crippen molar-refractivity contribution in [3.05, 3.63) is 67.3 Å². The molecule has 2 aliphatic rings. The molecule has 2 aromatic carbocycles. The van der Waals surface area contributed by atoms with Gasteiger partial charge in [0.25, 0.3) is 11.8 Å². The predicted molar refractivity (Wildman–Crippen MR) is 193 cm³/mol. The molecule has 2 heterocycles. The average molecular weight is 799 g/mol. The maximum atomic E-state index is 13.2. The van der Waals surface area contributed by atoms with Gasteiger partial charge in [-0.1, -0.05) is 105 Å². The minimum absolute atomic E-state index is 0.0576. The van der Waals surface area contributed by atoms with E-state index in [4.69, 9.17) is 24.4 Å². The van der Waals surface area contributed by atoms with Gasteiger partial charge in [0.15, 0.2) is 0 Å². The lowest BCUT2D eigenvalue weighted by Gasteiger charge is -2.14. The van der Waals surface area contributed by atoms with Gasteiger partial charge in [-0.3, -0.25) is 29.0 Å². The fourth-order valence-electron chi connectivity index (χ4n) is 4.50. The van der Waals surface area contributed by atoms with Gasteiger partial charge in [0.2, 0.25) is 11.8 Å². The highest BCUT2D eigenvalue weighted by molar-refractivity contribution is 9.10. The number of halogens is 2. The Morgan fingerprint density at radius 1 is 0.659 bits per heavy atom. The first-order chi connectivity index (χ1) is 21.1. The number of hydrogen-bond donors (Lipinski definition) is 2. The SMILES string of the molecule is O=C(CCCCCN1C(=O)C(=C2SC(=S)N(CCCCCC(=O)Nc3cccc(Br)c3)C2=O)SC1=S)Nc1cccc(Br)c1. The summed E-state index contributed by atoms with van der Waals surface area (Å²) >= 11 is 20.0. The molecule has 0 saturated carbocycles. The second kappa shape index (κ2) is 17.0. The number of carbonyl (C=O) groups excluding carboxylic acids is 4. The van der Waals surface area contributed by atoms with Gasteiger partial charge in [0.1, 0.15) is 8.64 Å². The van der Waals surface area contributed by atoms with Crippen LogP contribution in [0.2, 0.25) is 0 Å². The Morgan fingerprint density at radius 2 is 1.07 bits per heavy atom. The summed E-state index contributed by atoms with van der Waals surface area (Å²) in [5, 5.41) is 5.76. The van der Waals surface area contributed by atoms with Crippen molar-refractivity contribution in [3.8, 4) is 0 Å². The summed E-state index contributed by atoms with van der Waals surface area (Å²) in [5.41, 5.74) is 1.48. The Balaban J connectivity index is 1.17. The van der Waals surface area contributed by atoms with Gasteiger partial charge in [-0.15, -0.1) is 0 Å². The molecule has 14 heteroatoms. The van der Waals surface area contributed by atoms with Gasteiger partial charge >= 0.3 is 0 Å². The fourth-order valence-corrected chi connectivity index (χ4v) is 8.07. The molecule has 4 amide bonds. The molecule has 2 aliphatic heterocycles. The van der Waals surface area contributed by atoms with E-state index in [0.29, 0.717) is 70.1 Å². The second-order valence-corrected chi connectivity index (χ2v) is 15.2. The number of unbranched alkanes of at least 4 members (excludes halogenated alkanes) is 4. The molecule has 0 bridgehead atoms. The summed E-state index contributed by atoms with van der Waals surface area (Å²) in [7, 11) is 0. The first-order valence-corrected chi connectivity index (χ1v) is 18.1. The fraction of sp³-hybridized carbons (Fsp3) is 0.333. The lowest BCUT2D eigenvalue weighted by Crippen LogP contribution is -2.31. The normalized spacial score (nSPS) is 16.7. The van der Waals surface area contributed by atoms with Crippen molar-refractivity contribution in [1.82, 2.24) is 9.80 Å². The molecule has 4 rings (SSSR count). The zero-order chi connectivity index (χ0) is 31.6.